The third-order valence-corrected chi connectivity index (χ3v) is 3.64. The summed E-state index contributed by atoms with van der Waals surface area (Å²) in [4.78, 5) is 0. The molecular formula is C16H21NO. The van der Waals surface area contributed by atoms with E-state index < -0.39 is 0 Å². The van der Waals surface area contributed by atoms with Gasteiger partial charge in [-0.25, -0.2) is 0 Å². The largest absolute Gasteiger partial charge is 0.466 e. The molecule has 1 atom stereocenters. The van der Waals surface area contributed by atoms with Gasteiger partial charge in [-0.2, -0.15) is 0 Å². The lowest BCUT2D eigenvalue weighted by Gasteiger charge is -2.19. The van der Waals surface area contributed by atoms with E-state index in [0.29, 0.717) is 0 Å². The molecule has 0 amide bonds. The minimum atomic E-state index is 0.197. The molecule has 0 aliphatic rings. The van der Waals surface area contributed by atoms with Gasteiger partial charge in [0, 0.05) is 5.56 Å². The second kappa shape index (κ2) is 4.99. The van der Waals surface area contributed by atoms with Crippen molar-refractivity contribution in [2.24, 2.45) is 0 Å². The number of furan rings is 1. The molecule has 2 heteroatoms. The SMILES string of the molecule is CNC(c1cc(C)oc1C)c1cccc(C)c1C. The van der Waals surface area contributed by atoms with E-state index in [0.717, 1.165) is 11.5 Å². The zero-order valence-electron chi connectivity index (χ0n) is 11.8. The molecule has 2 nitrogen and oxygen atoms in total. The standard InChI is InChI=1S/C16H21NO/c1-10-7-6-8-14(12(10)3)16(17-5)15-9-11(2)18-13(15)4/h6-9,16-17H,1-5H3. The Morgan fingerprint density at radius 3 is 2.33 bits per heavy atom. The van der Waals surface area contributed by atoms with E-state index in [9.17, 15) is 0 Å². The number of hydrogen-bond donors (Lipinski definition) is 1. The van der Waals surface area contributed by atoms with Crippen LogP contribution in [0.2, 0.25) is 0 Å². The molecule has 0 bridgehead atoms. The average Bonchev–Trinajstić information content (AvgIpc) is 2.65. The van der Waals surface area contributed by atoms with Gasteiger partial charge in [0.05, 0.1) is 6.04 Å². The lowest BCUT2D eigenvalue weighted by atomic mass is 9.93. The summed E-state index contributed by atoms with van der Waals surface area (Å²) in [6.07, 6.45) is 0. The van der Waals surface area contributed by atoms with E-state index in [2.05, 4.69) is 43.4 Å². The molecule has 1 N–H and O–H groups in total. The normalized spacial score (nSPS) is 12.7. The Morgan fingerprint density at radius 2 is 1.78 bits per heavy atom. The van der Waals surface area contributed by atoms with E-state index >= 15 is 0 Å². The quantitative estimate of drug-likeness (QED) is 0.886. The third kappa shape index (κ3) is 2.21. The van der Waals surface area contributed by atoms with Crippen LogP contribution in [0.1, 0.15) is 39.8 Å². The lowest BCUT2D eigenvalue weighted by Crippen LogP contribution is -2.19. The van der Waals surface area contributed by atoms with Gasteiger partial charge in [-0.15, -0.1) is 0 Å². The van der Waals surface area contributed by atoms with Crippen molar-refractivity contribution in [1.82, 2.24) is 5.32 Å². The van der Waals surface area contributed by atoms with Crippen molar-refractivity contribution < 1.29 is 4.42 Å². The van der Waals surface area contributed by atoms with Gasteiger partial charge in [0.25, 0.3) is 0 Å². The minimum absolute atomic E-state index is 0.197. The molecule has 0 spiro atoms. The average molecular weight is 243 g/mol. The summed E-state index contributed by atoms with van der Waals surface area (Å²) in [7, 11) is 1.99. The molecule has 18 heavy (non-hydrogen) atoms. The Balaban J connectivity index is 2.52. The minimum Gasteiger partial charge on any atom is -0.466 e. The van der Waals surface area contributed by atoms with Crippen LogP contribution < -0.4 is 5.32 Å². The Bertz CT molecular complexity index is 554. The molecule has 96 valence electrons. The van der Waals surface area contributed by atoms with Crippen molar-refractivity contribution in [2.45, 2.75) is 33.7 Å². The third-order valence-electron chi connectivity index (χ3n) is 3.64. The highest BCUT2D eigenvalue weighted by molar-refractivity contribution is 5.41. The second-order valence-electron chi connectivity index (χ2n) is 4.88. The van der Waals surface area contributed by atoms with E-state index in [4.69, 9.17) is 4.42 Å². The van der Waals surface area contributed by atoms with Gasteiger partial charge in [-0.3, -0.25) is 0 Å². The van der Waals surface area contributed by atoms with E-state index in [-0.39, 0.29) is 6.04 Å². The van der Waals surface area contributed by atoms with Crippen LogP contribution in [-0.4, -0.2) is 7.05 Å². The van der Waals surface area contributed by atoms with E-state index in [1.807, 2.05) is 20.9 Å². The molecule has 0 saturated carbocycles. The van der Waals surface area contributed by atoms with Crippen molar-refractivity contribution in [3.8, 4) is 0 Å². The zero-order valence-corrected chi connectivity index (χ0v) is 11.8. The molecule has 0 fully saturated rings. The molecule has 1 aromatic carbocycles. The van der Waals surface area contributed by atoms with Gasteiger partial charge in [-0.1, -0.05) is 18.2 Å². The highest BCUT2D eigenvalue weighted by Gasteiger charge is 2.19. The van der Waals surface area contributed by atoms with Crippen LogP contribution in [0.4, 0.5) is 0 Å². The van der Waals surface area contributed by atoms with Crippen molar-refractivity contribution in [2.75, 3.05) is 7.05 Å². The molecule has 0 radical (unpaired) electrons. The number of nitrogens with one attached hydrogen (secondary N) is 1. The second-order valence-corrected chi connectivity index (χ2v) is 4.88. The molecular weight excluding hydrogens is 222 g/mol. The maximum atomic E-state index is 5.65. The first-order valence-corrected chi connectivity index (χ1v) is 6.35. The first-order chi connectivity index (χ1) is 8.54. The van der Waals surface area contributed by atoms with Crippen LogP contribution in [0.5, 0.6) is 0 Å². The molecule has 0 aliphatic carbocycles. The molecule has 2 rings (SSSR count). The molecule has 2 aromatic rings. The number of aryl methyl sites for hydroxylation is 3. The summed E-state index contributed by atoms with van der Waals surface area (Å²) in [5.41, 5.74) is 5.21. The summed E-state index contributed by atoms with van der Waals surface area (Å²) in [6.45, 7) is 8.35. The van der Waals surface area contributed by atoms with Crippen molar-refractivity contribution in [1.29, 1.82) is 0 Å². The Kier molecular flexibility index (Phi) is 3.58. The highest BCUT2D eigenvalue weighted by Crippen LogP contribution is 2.30. The fraction of sp³-hybridized carbons (Fsp3) is 0.375. The maximum absolute atomic E-state index is 5.65. The first-order valence-electron chi connectivity index (χ1n) is 6.35. The smallest absolute Gasteiger partial charge is 0.106 e. The predicted molar refractivity (Wildman–Crippen MR) is 75.0 cm³/mol. The van der Waals surface area contributed by atoms with Gasteiger partial charge in [0.1, 0.15) is 11.5 Å². The van der Waals surface area contributed by atoms with Crippen LogP contribution in [0.25, 0.3) is 0 Å². The Hall–Kier alpha value is -1.54. The van der Waals surface area contributed by atoms with Gasteiger partial charge in [0.2, 0.25) is 0 Å². The molecule has 0 aliphatic heterocycles. The van der Waals surface area contributed by atoms with E-state index in [1.54, 1.807) is 0 Å². The molecule has 1 unspecified atom stereocenters. The molecule has 1 heterocycles. The van der Waals surface area contributed by atoms with Gasteiger partial charge in [-0.05, 0) is 57.5 Å². The number of rotatable bonds is 3. The van der Waals surface area contributed by atoms with Gasteiger partial charge >= 0.3 is 0 Å². The maximum Gasteiger partial charge on any atom is 0.106 e. The fourth-order valence-electron chi connectivity index (χ4n) is 2.50. The summed E-state index contributed by atoms with van der Waals surface area (Å²) >= 11 is 0. The molecule has 1 aromatic heterocycles. The van der Waals surface area contributed by atoms with Crippen LogP contribution in [0.15, 0.2) is 28.7 Å². The predicted octanol–water partition coefficient (Wildman–Crippen LogP) is 3.82. The Morgan fingerprint density at radius 1 is 1.06 bits per heavy atom. The summed E-state index contributed by atoms with van der Waals surface area (Å²) < 4.78 is 5.65. The van der Waals surface area contributed by atoms with Crippen molar-refractivity contribution in [3.63, 3.8) is 0 Å². The lowest BCUT2D eigenvalue weighted by molar-refractivity contribution is 0.496. The van der Waals surface area contributed by atoms with Crippen LogP contribution >= 0.6 is 0 Å². The number of benzene rings is 1. The summed E-state index contributed by atoms with van der Waals surface area (Å²) in [6, 6.07) is 8.77. The summed E-state index contributed by atoms with van der Waals surface area (Å²) in [5, 5.41) is 3.40. The molecule has 0 saturated heterocycles. The topological polar surface area (TPSA) is 25.2 Å². The van der Waals surface area contributed by atoms with Crippen molar-refractivity contribution >= 4 is 0 Å². The van der Waals surface area contributed by atoms with Crippen LogP contribution in [0, 0.1) is 27.7 Å². The Labute approximate surface area is 109 Å². The monoisotopic (exact) mass is 243 g/mol. The van der Waals surface area contributed by atoms with Gasteiger partial charge in [0.15, 0.2) is 0 Å². The van der Waals surface area contributed by atoms with Gasteiger partial charge < -0.3 is 9.73 Å². The summed E-state index contributed by atoms with van der Waals surface area (Å²) in [5.74, 6) is 1.96. The number of hydrogen-bond acceptors (Lipinski definition) is 2. The highest BCUT2D eigenvalue weighted by atomic mass is 16.3. The van der Waals surface area contributed by atoms with E-state index in [1.165, 1.54) is 22.3 Å². The van der Waals surface area contributed by atoms with Crippen LogP contribution in [-0.2, 0) is 0 Å². The fourth-order valence-corrected chi connectivity index (χ4v) is 2.50. The van der Waals surface area contributed by atoms with Crippen molar-refractivity contribution in [3.05, 3.63) is 58.0 Å². The first kappa shape index (κ1) is 12.9. The zero-order chi connectivity index (χ0) is 13.3. The van der Waals surface area contributed by atoms with Crippen LogP contribution in [0.3, 0.4) is 0 Å².